The van der Waals surface area contributed by atoms with Gasteiger partial charge in [-0.1, -0.05) is 12.1 Å². The molecule has 3 rings (SSSR count). The Kier molecular flexibility index (Phi) is 4.80. The lowest BCUT2D eigenvalue weighted by atomic mass is 9.93. The molecule has 1 aromatic carbocycles. The molecular formula is C17H21N3O3S. The van der Waals surface area contributed by atoms with E-state index in [-0.39, 0.29) is 36.2 Å². The zero-order chi connectivity index (χ0) is 17.3. The predicted molar refractivity (Wildman–Crippen MR) is 92.6 cm³/mol. The summed E-state index contributed by atoms with van der Waals surface area (Å²) in [4.78, 5) is 40.8. The lowest BCUT2D eigenvalue weighted by molar-refractivity contribution is -0.137. The quantitative estimate of drug-likeness (QED) is 0.892. The lowest BCUT2D eigenvalue weighted by Crippen LogP contribution is -2.52. The smallest absolute Gasteiger partial charge is 0.242 e. The second-order valence-electron chi connectivity index (χ2n) is 6.31. The van der Waals surface area contributed by atoms with Crippen molar-refractivity contribution in [2.75, 3.05) is 23.7 Å². The van der Waals surface area contributed by atoms with Crippen LogP contribution < -0.4 is 10.6 Å². The van der Waals surface area contributed by atoms with Crippen molar-refractivity contribution < 1.29 is 14.4 Å². The molecule has 2 aliphatic heterocycles. The molecule has 0 bridgehead atoms. The van der Waals surface area contributed by atoms with Gasteiger partial charge in [0.2, 0.25) is 17.7 Å². The van der Waals surface area contributed by atoms with Gasteiger partial charge in [0.25, 0.3) is 0 Å². The molecule has 24 heavy (non-hydrogen) atoms. The maximum Gasteiger partial charge on any atom is 0.242 e. The van der Waals surface area contributed by atoms with Crippen molar-refractivity contribution in [1.29, 1.82) is 0 Å². The molecule has 2 aliphatic rings. The van der Waals surface area contributed by atoms with Crippen LogP contribution in [-0.4, -0.2) is 47.5 Å². The molecule has 0 radical (unpaired) electrons. The molecule has 6 nitrogen and oxygen atoms in total. The fourth-order valence-electron chi connectivity index (χ4n) is 3.24. The minimum atomic E-state index is -0.365. The average Bonchev–Trinajstić information content (AvgIpc) is 2.57. The molecule has 1 aromatic rings. The van der Waals surface area contributed by atoms with Gasteiger partial charge in [-0.15, -0.1) is 11.8 Å². The van der Waals surface area contributed by atoms with E-state index in [9.17, 15) is 14.4 Å². The molecule has 2 atom stereocenters. The van der Waals surface area contributed by atoms with Crippen LogP contribution in [0.5, 0.6) is 0 Å². The number of nitrogens with two attached hydrogens (primary N) is 1. The van der Waals surface area contributed by atoms with Crippen molar-refractivity contribution in [3.05, 3.63) is 24.3 Å². The van der Waals surface area contributed by atoms with Crippen molar-refractivity contribution >= 4 is 35.2 Å². The van der Waals surface area contributed by atoms with Crippen molar-refractivity contribution in [1.82, 2.24) is 4.90 Å². The molecule has 0 unspecified atom stereocenters. The molecule has 2 N–H and O–H groups in total. The molecule has 0 saturated carbocycles. The number of thioether (sulfide) groups is 1. The van der Waals surface area contributed by atoms with Crippen LogP contribution in [0.15, 0.2) is 29.2 Å². The third-order valence-corrected chi connectivity index (χ3v) is 5.75. The number of carbonyl (C=O) groups is 3. The number of nitrogens with zero attached hydrogens (tertiary/aromatic N) is 2. The number of fused-ring (bicyclic) bond motifs is 1. The van der Waals surface area contributed by atoms with E-state index in [0.29, 0.717) is 18.7 Å². The molecule has 0 aromatic heterocycles. The van der Waals surface area contributed by atoms with Crippen molar-refractivity contribution in [3.63, 3.8) is 0 Å². The van der Waals surface area contributed by atoms with Gasteiger partial charge < -0.3 is 15.5 Å². The number of primary amides is 1. The second kappa shape index (κ2) is 6.84. The van der Waals surface area contributed by atoms with E-state index in [1.807, 2.05) is 31.2 Å². The Morgan fingerprint density at radius 2 is 2.04 bits per heavy atom. The molecule has 0 spiro atoms. The van der Waals surface area contributed by atoms with Crippen LogP contribution in [-0.2, 0) is 14.4 Å². The van der Waals surface area contributed by atoms with Gasteiger partial charge in [-0.25, -0.2) is 0 Å². The van der Waals surface area contributed by atoms with Gasteiger partial charge in [-0.2, -0.15) is 0 Å². The normalized spacial score (nSPS) is 23.8. The van der Waals surface area contributed by atoms with E-state index in [2.05, 4.69) is 0 Å². The number of carbonyl (C=O) groups excluding carboxylic acids is 3. The number of hydrogen-bond acceptors (Lipinski definition) is 4. The van der Waals surface area contributed by atoms with E-state index in [1.165, 1.54) is 11.8 Å². The minimum Gasteiger partial charge on any atom is -0.369 e. The van der Waals surface area contributed by atoms with Gasteiger partial charge in [0.15, 0.2) is 0 Å². The van der Waals surface area contributed by atoms with Crippen LogP contribution in [0.25, 0.3) is 0 Å². The Hall–Kier alpha value is -2.02. The van der Waals surface area contributed by atoms with Crippen LogP contribution in [0.2, 0.25) is 0 Å². The van der Waals surface area contributed by atoms with E-state index in [1.54, 1.807) is 9.80 Å². The van der Waals surface area contributed by atoms with E-state index in [0.717, 1.165) is 17.0 Å². The number of piperidine rings is 1. The number of rotatable bonds is 3. The van der Waals surface area contributed by atoms with Gasteiger partial charge in [-0.05, 0) is 31.9 Å². The third-order valence-electron chi connectivity index (χ3n) is 4.71. The Balaban J connectivity index is 1.76. The maximum absolute atomic E-state index is 12.8. The highest BCUT2D eigenvalue weighted by Gasteiger charge is 2.34. The molecular weight excluding hydrogens is 326 g/mol. The summed E-state index contributed by atoms with van der Waals surface area (Å²) in [5.41, 5.74) is 6.18. The lowest BCUT2D eigenvalue weighted by Gasteiger charge is -2.38. The van der Waals surface area contributed by atoms with Gasteiger partial charge in [0.05, 0.1) is 17.4 Å². The fourth-order valence-corrected chi connectivity index (χ4v) is 4.18. The minimum absolute atomic E-state index is 0.00618. The van der Waals surface area contributed by atoms with Crippen LogP contribution in [0.4, 0.5) is 5.69 Å². The Labute approximate surface area is 145 Å². The first-order chi connectivity index (χ1) is 11.5. The molecule has 7 heteroatoms. The Morgan fingerprint density at radius 3 is 2.79 bits per heavy atom. The highest BCUT2D eigenvalue weighted by molar-refractivity contribution is 8.00. The monoisotopic (exact) mass is 347 g/mol. The van der Waals surface area contributed by atoms with Crippen molar-refractivity contribution in [2.45, 2.75) is 30.7 Å². The number of hydrogen-bond donors (Lipinski definition) is 1. The zero-order valence-corrected chi connectivity index (χ0v) is 14.4. The molecule has 0 aliphatic carbocycles. The Morgan fingerprint density at radius 1 is 1.29 bits per heavy atom. The topological polar surface area (TPSA) is 83.7 Å². The number of amides is 3. The maximum atomic E-state index is 12.8. The van der Waals surface area contributed by atoms with Crippen molar-refractivity contribution in [3.8, 4) is 0 Å². The first kappa shape index (κ1) is 16.8. The number of benzene rings is 1. The van der Waals surface area contributed by atoms with Gasteiger partial charge in [0.1, 0.15) is 6.54 Å². The van der Waals surface area contributed by atoms with E-state index in [4.69, 9.17) is 5.73 Å². The third kappa shape index (κ3) is 3.26. The van der Waals surface area contributed by atoms with Gasteiger partial charge >= 0.3 is 0 Å². The summed E-state index contributed by atoms with van der Waals surface area (Å²) in [6.45, 7) is 2.32. The second-order valence-corrected chi connectivity index (χ2v) is 7.33. The first-order valence-corrected chi connectivity index (χ1v) is 9.07. The van der Waals surface area contributed by atoms with Crippen LogP contribution in [0, 0.1) is 5.92 Å². The molecule has 1 saturated heterocycles. The number of likely N-dealkylation sites (tertiary alicyclic amines) is 1. The highest BCUT2D eigenvalue weighted by atomic mass is 32.2. The van der Waals surface area contributed by atoms with E-state index >= 15 is 0 Å². The molecule has 2 heterocycles. The summed E-state index contributed by atoms with van der Waals surface area (Å²) in [5.74, 6) is -0.531. The van der Waals surface area contributed by atoms with Crippen LogP contribution >= 0.6 is 11.8 Å². The summed E-state index contributed by atoms with van der Waals surface area (Å²) in [5, 5.41) is 0. The predicted octanol–water partition coefficient (Wildman–Crippen LogP) is 1.24. The average molecular weight is 347 g/mol. The first-order valence-electron chi connectivity index (χ1n) is 8.08. The summed E-state index contributed by atoms with van der Waals surface area (Å²) >= 11 is 1.49. The standard InChI is InChI=1S/C17H21N3O3S/c1-11-6-7-12(17(18)23)8-19(11)15(21)9-20-13-4-2-3-5-14(13)24-10-16(20)22/h2-5,11-12H,6-10H2,1H3,(H2,18,23)/t11-,12-/m1/s1. The highest BCUT2D eigenvalue weighted by Crippen LogP contribution is 2.35. The summed E-state index contributed by atoms with van der Waals surface area (Å²) in [6, 6.07) is 7.65. The van der Waals surface area contributed by atoms with E-state index < -0.39 is 0 Å². The fraction of sp³-hybridized carbons (Fsp3) is 0.471. The molecule has 3 amide bonds. The molecule has 1 fully saturated rings. The zero-order valence-electron chi connectivity index (χ0n) is 13.6. The summed E-state index contributed by atoms with van der Waals surface area (Å²) < 4.78 is 0. The number of para-hydroxylation sites is 1. The van der Waals surface area contributed by atoms with Crippen LogP contribution in [0.3, 0.4) is 0 Å². The largest absolute Gasteiger partial charge is 0.369 e. The number of anilines is 1. The SMILES string of the molecule is C[C@@H]1CC[C@@H](C(N)=O)CN1C(=O)CN1C(=O)CSc2ccccc21. The van der Waals surface area contributed by atoms with Gasteiger partial charge in [0, 0.05) is 17.5 Å². The Bertz CT molecular complexity index is 679. The van der Waals surface area contributed by atoms with Crippen molar-refractivity contribution in [2.24, 2.45) is 11.7 Å². The summed E-state index contributed by atoms with van der Waals surface area (Å²) in [6.07, 6.45) is 1.46. The summed E-state index contributed by atoms with van der Waals surface area (Å²) in [7, 11) is 0. The molecule has 128 valence electrons. The van der Waals surface area contributed by atoms with Crippen LogP contribution in [0.1, 0.15) is 19.8 Å². The van der Waals surface area contributed by atoms with Gasteiger partial charge in [-0.3, -0.25) is 14.4 Å².